The molecule has 4 atom stereocenters. The third-order valence-corrected chi connectivity index (χ3v) is 6.28. The van der Waals surface area contributed by atoms with Crippen LogP contribution in [0, 0.1) is 17.8 Å². The number of hydrogen-bond acceptors (Lipinski definition) is 2. The molecule has 0 saturated heterocycles. The van der Waals surface area contributed by atoms with Gasteiger partial charge in [0.15, 0.2) is 0 Å². The molecule has 19 heavy (non-hydrogen) atoms. The van der Waals surface area contributed by atoms with E-state index < -0.39 is 0 Å². The molecule has 1 N–H and O–H groups in total. The minimum Gasteiger partial charge on any atom is -0.378 e. The summed E-state index contributed by atoms with van der Waals surface area (Å²) in [5.41, 5.74) is 0.227. The number of ether oxygens (including phenoxy) is 1. The van der Waals surface area contributed by atoms with Gasteiger partial charge in [0.05, 0.1) is 5.60 Å². The third kappa shape index (κ3) is 2.85. The molecule has 2 bridgehead atoms. The molecule has 0 radical (unpaired) electrons. The smallest absolute Gasteiger partial charge is 0.0693 e. The lowest BCUT2D eigenvalue weighted by molar-refractivity contribution is -0.0848. The molecule has 0 aromatic carbocycles. The molecule has 3 saturated carbocycles. The van der Waals surface area contributed by atoms with Gasteiger partial charge in [0, 0.05) is 13.2 Å². The summed E-state index contributed by atoms with van der Waals surface area (Å²) >= 11 is 0. The predicted molar refractivity (Wildman–Crippen MR) is 79.2 cm³/mol. The number of hydrogen-bond donors (Lipinski definition) is 1. The Bertz CT molecular complexity index is 294. The average Bonchev–Trinajstić information content (AvgIpc) is 2.96. The summed E-state index contributed by atoms with van der Waals surface area (Å²) in [5, 5.41) is 3.75. The highest BCUT2D eigenvalue weighted by molar-refractivity contribution is 4.96. The van der Waals surface area contributed by atoms with Gasteiger partial charge in [0.25, 0.3) is 0 Å². The molecule has 2 heteroatoms. The fourth-order valence-electron chi connectivity index (χ4n) is 5.07. The second-order valence-corrected chi connectivity index (χ2v) is 7.37. The van der Waals surface area contributed by atoms with E-state index in [0.717, 1.165) is 24.3 Å². The lowest BCUT2D eigenvalue weighted by Gasteiger charge is -2.43. The first-order valence-electron chi connectivity index (χ1n) is 8.53. The van der Waals surface area contributed by atoms with Gasteiger partial charge in [-0.2, -0.15) is 0 Å². The lowest BCUT2D eigenvalue weighted by Crippen LogP contribution is -2.46. The van der Waals surface area contributed by atoms with Crippen LogP contribution in [0.3, 0.4) is 0 Å². The number of nitrogens with one attached hydrogen (secondary N) is 1. The quantitative estimate of drug-likeness (QED) is 0.757. The second kappa shape index (κ2) is 5.73. The largest absolute Gasteiger partial charge is 0.378 e. The van der Waals surface area contributed by atoms with Gasteiger partial charge in [-0.05, 0) is 75.7 Å². The second-order valence-electron chi connectivity index (χ2n) is 7.37. The van der Waals surface area contributed by atoms with Crippen molar-refractivity contribution >= 4 is 0 Å². The fraction of sp³-hybridized carbons (Fsp3) is 1.00. The number of methoxy groups -OCH3 is 1. The van der Waals surface area contributed by atoms with Crippen molar-refractivity contribution < 1.29 is 4.74 Å². The maximum Gasteiger partial charge on any atom is 0.0693 e. The van der Waals surface area contributed by atoms with Crippen molar-refractivity contribution in [2.75, 3.05) is 13.7 Å². The Morgan fingerprint density at radius 3 is 2.58 bits per heavy atom. The molecule has 0 aliphatic heterocycles. The molecule has 4 unspecified atom stereocenters. The van der Waals surface area contributed by atoms with Gasteiger partial charge in [0.2, 0.25) is 0 Å². The first-order valence-corrected chi connectivity index (χ1v) is 8.53. The standard InChI is InChI=1S/C17H31NO/c1-3-18-16(12-17(19-2)7-4-8-17)11-15-10-13-5-6-14(15)9-13/h13-16,18H,3-12H2,1-2H3. The number of rotatable bonds is 7. The van der Waals surface area contributed by atoms with E-state index in [1.807, 2.05) is 7.11 Å². The number of fused-ring (bicyclic) bond motifs is 2. The van der Waals surface area contributed by atoms with Gasteiger partial charge in [-0.1, -0.05) is 13.3 Å². The van der Waals surface area contributed by atoms with Crippen LogP contribution in [0.2, 0.25) is 0 Å². The van der Waals surface area contributed by atoms with Gasteiger partial charge in [-0.3, -0.25) is 0 Å². The van der Waals surface area contributed by atoms with E-state index in [2.05, 4.69) is 12.2 Å². The summed E-state index contributed by atoms with van der Waals surface area (Å²) in [6.07, 6.45) is 12.7. The van der Waals surface area contributed by atoms with Crippen LogP contribution in [0.1, 0.15) is 64.7 Å². The first-order chi connectivity index (χ1) is 9.24. The van der Waals surface area contributed by atoms with Gasteiger partial charge in [-0.15, -0.1) is 0 Å². The van der Waals surface area contributed by atoms with Crippen molar-refractivity contribution in [3.8, 4) is 0 Å². The maximum atomic E-state index is 5.84. The Morgan fingerprint density at radius 2 is 2.11 bits per heavy atom. The zero-order valence-corrected chi connectivity index (χ0v) is 12.8. The topological polar surface area (TPSA) is 21.3 Å². The molecule has 3 aliphatic rings. The maximum absolute atomic E-state index is 5.84. The molecular formula is C17H31NO. The summed E-state index contributed by atoms with van der Waals surface area (Å²) in [6, 6.07) is 0.689. The van der Waals surface area contributed by atoms with Crippen LogP contribution < -0.4 is 5.32 Å². The van der Waals surface area contributed by atoms with Crippen molar-refractivity contribution in [1.82, 2.24) is 5.32 Å². The van der Waals surface area contributed by atoms with Crippen molar-refractivity contribution in [3.05, 3.63) is 0 Å². The van der Waals surface area contributed by atoms with Crippen LogP contribution in [0.4, 0.5) is 0 Å². The van der Waals surface area contributed by atoms with E-state index in [9.17, 15) is 0 Å². The van der Waals surface area contributed by atoms with Crippen LogP contribution >= 0.6 is 0 Å². The Morgan fingerprint density at radius 1 is 1.26 bits per heavy atom. The normalized spacial score (nSPS) is 37.3. The van der Waals surface area contributed by atoms with Gasteiger partial charge >= 0.3 is 0 Å². The van der Waals surface area contributed by atoms with E-state index in [4.69, 9.17) is 4.74 Å². The van der Waals surface area contributed by atoms with Crippen molar-refractivity contribution in [1.29, 1.82) is 0 Å². The molecule has 3 fully saturated rings. The van der Waals surface area contributed by atoms with Gasteiger partial charge < -0.3 is 10.1 Å². The highest BCUT2D eigenvalue weighted by atomic mass is 16.5. The summed E-state index contributed by atoms with van der Waals surface area (Å²) in [5.74, 6) is 3.15. The molecule has 3 aliphatic carbocycles. The minimum absolute atomic E-state index is 0.227. The highest BCUT2D eigenvalue weighted by Gasteiger charge is 2.43. The van der Waals surface area contributed by atoms with Gasteiger partial charge in [-0.25, -0.2) is 0 Å². The molecule has 0 heterocycles. The SMILES string of the molecule is CCNC(CC1CC2CCC1C2)CC1(OC)CCC1. The molecule has 110 valence electrons. The Labute approximate surface area is 118 Å². The van der Waals surface area contributed by atoms with Crippen LogP contribution in [0.5, 0.6) is 0 Å². The van der Waals surface area contributed by atoms with Crippen LogP contribution in [0.25, 0.3) is 0 Å². The van der Waals surface area contributed by atoms with E-state index in [1.165, 1.54) is 51.4 Å². The predicted octanol–water partition coefficient (Wildman–Crippen LogP) is 3.75. The van der Waals surface area contributed by atoms with E-state index in [-0.39, 0.29) is 5.60 Å². The summed E-state index contributed by atoms with van der Waals surface area (Å²) in [7, 11) is 1.92. The molecule has 0 aromatic rings. The van der Waals surface area contributed by atoms with Crippen LogP contribution in [-0.2, 0) is 4.74 Å². The summed E-state index contributed by atoms with van der Waals surface area (Å²) < 4.78 is 5.84. The van der Waals surface area contributed by atoms with E-state index in [0.29, 0.717) is 6.04 Å². The summed E-state index contributed by atoms with van der Waals surface area (Å²) in [4.78, 5) is 0. The zero-order chi connectivity index (χ0) is 13.3. The van der Waals surface area contributed by atoms with Crippen LogP contribution in [0.15, 0.2) is 0 Å². The Balaban J connectivity index is 1.55. The molecule has 0 spiro atoms. The molecule has 0 aromatic heterocycles. The Kier molecular flexibility index (Phi) is 4.19. The molecule has 2 nitrogen and oxygen atoms in total. The van der Waals surface area contributed by atoms with Gasteiger partial charge in [0.1, 0.15) is 0 Å². The Hall–Kier alpha value is -0.0800. The van der Waals surface area contributed by atoms with E-state index in [1.54, 1.807) is 6.42 Å². The fourth-order valence-corrected chi connectivity index (χ4v) is 5.07. The van der Waals surface area contributed by atoms with Crippen molar-refractivity contribution in [2.45, 2.75) is 76.4 Å². The third-order valence-electron chi connectivity index (χ3n) is 6.28. The zero-order valence-electron chi connectivity index (χ0n) is 12.8. The van der Waals surface area contributed by atoms with E-state index >= 15 is 0 Å². The monoisotopic (exact) mass is 265 g/mol. The molecular weight excluding hydrogens is 234 g/mol. The summed E-state index contributed by atoms with van der Waals surface area (Å²) in [6.45, 7) is 3.35. The highest BCUT2D eigenvalue weighted by Crippen LogP contribution is 2.50. The average molecular weight is 265 g/mol. The van der Waals surface area contributed by atoms with Crippen LogP contribution in [-0.4, -0.2) is 25.3 Å². The minimum atomic E-state index is 0.227. The molecule has 3 rings (SSSR count). The van der Waals surface area contributed by atoms with Crippen molar-refractivity contribution in [2.24, 2.45) is 17.8 Å². The molecule has 0 amide bonds. The van der Waals surface area contributed by atoms with Crippen molar-refractivity contribution in [3.63, 3.8) is 0 Å². The lowest BCUT2D eigenvalue weighted by atomic mass is 9.73. The first kappa shape index (κ1) is 13.9.